The number of aromatic nitrogens is 2. The molecule has 0 spiro atoms. The van der Waals surface area contributed by atoms with E-state index in [-0.39, 0.29) is 0 Å². The number of benzene rings is 1. The molecular weight excluding hydrogens is 360 g/mol. The SMILES string of the molecule is Clc1ccccc1-c1ccc(NC2C3CN(CC4CCOCC4)CC32)nn1. The van der Waals surface area contributed by atoms with E-state index in [4.69, 9.17) is 16.3 Å². The molecule has 5 nitrogen and oxygen atoms in total. The molecule has 2 unspecified atom stereocenters. The molecule has 1 aromatic heterocycles. The summed E-state index contributed by atoms with van der Waals surface area (Å²) in [5, 5.41) is 13.0. The molecule has 2 aliphatic heterocycles. The minimum Gasteiger partial charge on any atom is -0.381 e. The van der Waals surface area contributed by atoms with Crippen molar-refractivity contribution in [2.75, 3.05) is 38.2 Å². The van der Waals surface area contributed by atoms with Crippen LogP contribution in [0.25, 0.3) is 11.3 Å². The molecule has 0 bridgehead atoms. The normalized spacial score (nSPS) is 28.1. The summed E-state index contributed by atoms with van der Waals surface area (Å²) < 4.78 is 5.47. The molecule has 2 saturated heterocycles. The highest BCUT2D eigenvalue weighted by Gasteiger charge is 2.55. The first kappa shape index (κ1) is 17.4. The molecule has 0 amide bonds. The second-order valence-electron chi connectivity index (χ2n) is 8.06. The van der Waals surface area contributed by atoms with E-state index in [1.54, 1.807) is 0 Å². The third kappa shape index (κ3) is 3.68. The Morgan fingerprint density at radius 3 is 2.52 bits per heavy atom. The number of fused-ring (bicyclic) bond motifs is 1. The summed E-state index contributed by atoms with van der Waals surface area (Å²) in [6.07, 6.45) is 2.45. The average molecular weight is 385 g/mol. The third-order valence-electron chi connectivity index (χ3n) is 6.26. The number of likely N-dealkylation sites (tertiary alicyclic amines) is 1. The van der Waals surface area contributed by atoms with Crippen molar-refractivity contribution in [3.05, 3.63) is 41.4 Å². The van der Waals surface area contributed by atoms with Crippen LogP contribution in [0.15, 0.2) is 36.4 Å². The molecule has 1 saturated carbocycles. The van der Waals surface area contributed by atoms with Gasteiger partial charge in [0.25, 0.3) is 0 Å². The molecule has 3 aliphatic rings. The van der Waals surface area contributed by atoms with Crippen LogP contribution in [0.4, 0.5) is 5.82 Å². The van der Waals surface area contributed by atoms with Crippen LogP contribution in [0.5, 0.6) is 0 Å². The zero-order chi connectivity index (χ0) is 18.2. The van der Waals surface area contributed by atoms with Gasteiger partial charge in [0.15, 0.2) is 0 Å². The van der Waals surface area contributed by atoms with Gasteiger partial charge in [-0.3, -0.25) is 0 Å². The van der Waals surface area contributed by atoms with Crippen LogP contribution in [0.2, 0.25) is 5.02 Å². The molecular formula is C21H25ClN4O. The van der Waals surface area contributed by atoms with Gasteiger partial charge in [0.1, 0.15) is 5.82 Å². The summed E-state index contributed by atoms with van der Waals surface area (Å²) in [7, 11) is 0. The smallest absolute Gasteiger partial charge is 0.148 e. The van der Waals surface area contributed by atoms with Gasteiger partial charge in [-0.05, 0) is 48.8 Å². The first-order chi connectivity index (χ1) is 13.3. The first-order valence-corrected chi connectivity index (χ1v) is 10.3. The molecule has 1 aliphatic carbocycles. The summed E-state index contributed by atoms with van der Waals surface area (Å²) in [6.45, 7) is 5.56. The first-order valence-electron chi connectivity index (χ1n) is 9.93. The van der Waals surface area contributed by atoms with Crippen molar-refractivity contribution in [2.45, 2.75) is 18.9 Å². The minimum absolute atomic E-state index is 0.552. The van der Waals surface area contributed by atoms with Crippen LogP contribution in [-0.4, -0.2) is 54.0 Å². The number of ether oxygens (including phenoxy) is 1. The molecule has 5 rings (SSSR count). The van der Waals surface area contributed by atoms with Crippen LogP contribution >= 0.6 is 11.6 Å². The molecule has 0 radical (unpaired) electrons. The molecule has 27 heavy (non-hydrogen) atoms. The number of nitrogens with one attached hydrogen (secondary N) is 1. The zero-order valence-electron chi connectivity index (χ0n) is 15.4. The summed E-state index contributed by atoms with van der Waals surface area (Å²) in [4.78, 5) is 2.65. The number of hydrogen-bond donors (Lipinski definition) is 1. The van der Waals surface area contributed by atoms with Gasteiger partial charge in [-0.15, -0.1) is 10.2 Å². The highest BCUT2D eigenvalue weighted by molar-refractivity contribution is 6.33. The fraction of sp³-hybridized carbons (Fsp3) is 0.524. The number of hydrogen-bond acceptors (Lipinski definition) is 5. The molecule has 3 heterocycles. The van der Waals surface area contributed by atoms with Crippen molar-refractivity contribution in [2.24, 2.45) is 17.8 Å². The van der Waals surface area contributed by atoms with E-state index in [0.29, 0.717) is 11.1 Å². The maximum absolute atomic E-state index is 6.25. The molecule has 6 heteroatoms. The standard InChI is InChI=1S/C21H25ClN4O/c22-18-4-2-1-3-15(18)19-5-6-20(25-24-19)23-21-16-12-26(13-17(16)21)11-14-7-9-27-10-8-14/h1-6,14,16-17,21H,7-13H2,(H,23,25). The fourth-order valence-electron chi connectivity index (χ4n) is 4.66. The number of halogens is 1. The Labute approximate surface area is 165 Å². The van der Waals surface area contributed by atoms with Crippen molar-refractivity contribution in [1.82, 2.24) is 15.1 Å². The van der Waals surface area contributed by atoms with Crippen LogP contribution in [0.3, 0.4) is 0 Å². The lowest BCUT2D eigenvalue weighted by Crippen LogP contribution is -2.34. The van der Waals surface area contributed by atoms with Gasteiger partial charge in [-0.25, -0.2) is 0 Å². The Morgan fingerprint density at radius 2 is 1.81 bits per heavy atom. The van der Waals surface area contributed by atoms with Gasteiger partial charge in [0.2, 0.25) is 0 Å². The summed E-state index contributed by atoms with van der Waals surface area (Å²) in [5.74, 6) is 3.21. The van der Waals surface area contributed by atoms with E-state index >= 15 is 0 Å². The second kappa shape index (κ2) is 7.38. The topological polar surface area (TPSA) is 50.3 Å². The van der Waals surface area contributed by atoms with Crippen molar-refractivity contribution in [3.63, 3.8) is 0 Å². The molecule has 2 aromatic rings. The van der Waals surface area contributed by atoms with Crippen molar-refractivity contribution >= 4 is 17.4 Å². The Balaban J connectivity index is 1.14. The number of nitrogens with zero attached hydrogens (tertiary/aromatic N) is 3. The largest absolute Gasteiger partial charge is 0.381 e. The molecule has 1 N–H and O–H groups in total. The van der Waals surface area contributed by atoms with E-state index in [9.17, 15) is 0 Å². The summed E-state index contributed by atoms with van der Waals surface area (Å²) in [5.41, 5.74) is 1.73. The van der Waals surface area contributed by atoms with Gasteiger partial charge in [-0.2, -0.15) is 0 Å². The lowest BCUT2D eigenvalue weighted by atomic mass is 10.00. The Morgan fingerprint density at radius 1 is 1.04 bits per heavy atom. The van der Waals surface area contributed by atoms with Gasteiger partial charge in [0.05, 0.1) is 10.7 Å². The van der Waals surface area contributed by atoms with E-state index in [1.165, 1.54) is 32.5 Å². The molecule has 3 fully saturated rings. The number of piperidine rings is 1. The van der Waals surface area contributed by atoms with Crippen LogP contribution in [0, 0.1) is 17.8 Å². The molecule has 1 aromatic carbocycles. The molecule has 2 atom stereocenters. The van der Waals surface area contributed by atoms with E-state index < -0.39 is 0 Å². The maximum atomic E-state index is 6.25. The predicted molar refractivity (Wildman–Crippen MR) is 107 cm³/mol. The quantitative estimate of drug-likeness (QED) is 0.854. The Bertz CT molecular complexity index is 781. The van der Waals surface area contributed by atoms with Crippen molar-refractivity contribution in [1.29, 1.82) is 0 Å². The van der Waals surface area contributed by atoms with Crippen molar-refractivity contribution in [3.8, 4) is 11.3 Å². The zero-order valence-corrected chi connectivity index (χ0v) is 16.1. The highest BCUT2D eigenvalue weighted by atomic mass is 35.5. The van der Waals surface area contributed by atoms with Gasteiger partial charge in [-0.1, -0.05) is 29.8 Å². The maximum Gasteiger partial charge on any atom is 0.148 e. The van der Waals surface area contributed by atoms with E-state index in [0.717, 1.165) is 48.0 Å². The van der Waals surface area contributed by atoms with Crippen LogP contribution in [0.1, 0.15) is 12.8 Å². The van der Waals surface area contributed by atoms with Crippen molar-refractivity contribution < 1.29 is 4.74 Å². The lowest BCUT2D eigenvalue weighted by molar-refractivity contribution is 0.0540. The fourth-order valence-corrected chi connectivity index (χ4v) is 4.90. The third-order valence-corrected chi connectivity index (χ3v) is 6.59. The lowest BCUT2D eigenvalue weighted by Gasteiger charge is -2.28. The van der Waals surface area contributed by atoms with Gasteiger partial charge >= 0.3 is 0 Å². The highest BCUT2D eigenvalue weighted by Crippen LogP contribution is 2.47. The number of anilines is 1. The predicted octanol–water partition coefficient (Wildman–Crippen LogP) is 3.57. The Kier molecular flexibility index (Phi) is 4.76. The second-order valence-corrected chi connectivity index (χ2v) is 8.46. The van der Waals surface area contributed by atoms with E-state index in [2.05, 4.69) is 20.4 Å². The van der Waals surface area contributed by atoms with Gasteiger partial charge in [0, 0.05) is 44.5 Å². The average Bonchev–Trinajstić information content (AvgIpc) is 3.14. The Hall–Kier alpha value is -1.69. The molecule has 142 valence electrons. The van der Waals surface area contributed by atoms with Crippen LogP contribution < -0.4 is 5.32 Å². The summed E-state index contributed by atoms with van der Waals surface area (Å²) in [6, 6.07) is 12.3. The van der Waals surface area contributed by atoms with Gasteiger partial charge < -0.3 is 15.0 Å². The summed E-state index contributed by atoms with van der Waals surface area (Å²) >= 11 is 6.25. The van der Waals surface area contributed by atoms with E-state index in [1.807, 2.05) is 36.4 Å². The monoisotopic (exact) mass is 384 g/mol. The minimum atomic E-state index is 0.552. The van der Waals surface area contributed by atoms with Crippen LogP contribution in [-0.2, 0) is 4.74 Å². The number of rotatable bonds is 5.